The van der Waals surface area contributed by atoms with Gasteiger partial charge in [-0.25, -0.2) is 0 Å². The molecule has 2 aliphatic carbocycles. The number of hydrogen-bond acceptors (Lipinski definition) is 5. The molecule has 196 valence electrons. The maximum atomic E-state index is 14.1. The lowest BCUT2D eigenvalue weighted by Gasteiger charge is -2.67. The van der Waals surface area contributed by atoms with E-state index in [1.807, 2.05) is 6.92 Å². The number of aliphatic hydroxyl groups excluding tert-OH is 1. The molecule has 7 rings (SSSR count). The number of carbonyl (C=O) groups is 1. The lowest BCUT2D eigenvalue weighted by Crippen LogP contribution is -2.70. The van der Waals surface area contributed by atoms with Crippen molar-refractivity contribution in [2.75, 3.05) is 13.2 Å². The van der Waals surface area contributed by atoms with Crippen molar-refractivity contribution >= 4 is 5.78 Å². The molecule has 5 aliphatic heterocycles. The van der Waals surface area contributed by atoms with Crippen molar-refractivity contribution in [3.8, 4) is 0 Å². The summed E-state index contributed by atoms with van der Waals surface area (Å²) in [6.45, 7) is 13.2. The third-order valence-electron chi connectivity index (χ3n) is 13.5. The Kier molecular flexibility index (Phi) is 4.81. The number of ether oxygens (including phenoxy) is 2. The average molecular weight is 486 g/mol. The Labute approximate surface area is 211 Å². The zero-order valence-electron chi connectivity index (χ0n) is 22.6. The largest absolute Gasteiger partial charge is 0.391 e. The van der Waals surface area contributed by atoms with Crippen molar-refractivity contribution in [2.24, 2.45) is 39.9 Å². The van der Waals surface area contributed by atoms with Crippen LogP contribution in [0, 0.1) is 39.9 Å². The van der Waals surface area contributed by atoms with Crippen molar-refractivity contribution in [1.29, 1.82) is 0 Å². The second-order valence-corrected chi connectivity index (χ2v) is 14.8. The molecule has 35 heavy (non-hydrogen) atoms. The number of aliphatic hydroxyl groups is 1. The summed E-state index contributed by atoms with van der Waals surface area (Å²) in [5.74, 6) is 2.26. The van der Waals surface area contributed by atoms with Gasteiger partial charge in [0.1, 0.15) is 5.78 Å². The van der Waals surface area contributed by atoms with Crippen LogP contribution in [0.4, 0.5) is 0 Å². The molecule has 0 aromatic heterocycles. The predicted octanol–water partition coefficient (Wildman–Crippen LogP) is 4.94. The Hall–Kier alpha value is -0.490. The van der Waals surface area contributed by atoms with E-state index in [0.29, 0.717) is 48.5 Å². The summed E-state index contributed by atoms with van der Waals surface area (Å²) in [5.41, 5.74) is -0.198. The van der Waals surface area contributed by atoms with E-state index in [4.69, 9.17) is 9.47 Å². The lowest BCUT2D eigenvalue weighted by molar-refractivity contribution is -0.282. The molecule has 5 nitrogen and oxygen atoms in total. The van der Waals surface area contributed by atoms with Crippen LogP contribution in [-0.2, 0) is 14.3 Å². The summed E-state index contributed by atoms with van der Waals surface area (Å²) in [4.78, 5) is 16.9. The minimum atomic E-state index is -0.529. The number of piperidine rings is 2. The predicted molar refractivity (Wildman–Crippen MR) is 134 cm³/mol. The second-order valence-electron chi connectivity index (χ2n) is 14.8. The summed E-state index contributed by atoms with van der Waals surface area (Å²) in [5, 5.41) is 11.7. The van der Waals surface area contributed by atoms with Gasteiger partial charge in [-0.3, -0.25) is 9.69 Å². The van der Waals surface area contributed by atoms with E-state index in [0.717, 1.165) is 32.1 Å². The molecular weight excluding hydrogens is 438 g/mol. The highest BCUT2D eigenvalue weighted by Gasteiger charge is 2.81. The molecule has 5 heteroatoms. The van der Waals surface area contributed by atoms with Gasteiger partial charge in [0.25, 0.3) is 0 Å². The normalized spacial score (nSPS) is 59.8. The van der Waals surface area contributed by atoms with Crippen LogP contribution in [-0.4, -0.2) is 58.5 Å². The molecule has 1 spiro atoms. The Morgan fingerprint density at radius 3 is 2.69 bits per heavy atom. The highest BCUT2D eigenvalue weighted by atomic mass is 16.7. The van der Waals surface area contributed by atoms with Crippen LogP contribution in [0.5, 0.6) is 0 Å². The van der Waals surface area contributed by atoms with Gasteiger partial charge >= 0.3 is 0 Å². The van der Waals surface area contributed by atoms with E-state index in [1.165, 1.54) is 32.2 Å². The first-order valence-corrected chi connectivity index (χ1v) is 14.8. The fourth-order valence-electron chi connectivity index (χ4n) is 11.6. The van der Waals surface area contributed by atoms with Crippen molar-refractivity contribution in [3.05, 3.63) is 0 Å². The van der Waals surface area contributed by atoms with Crippen molar-refractivity contribution in [1.82, 2.24) is 4.90 Å². The van der Waals surface area contributed by atoms with Gasteiger partial charge in [0.05, 0.1) is 29.8 Å². The summed E-state index contributed by atoms with van der Waals surface area (Å²) in [6, 6.07) is 0.520. The van der Waals surface area contributed by atoms with E-state index in [2.05, 4.69) is 32.6 Å². The van der Waals surface area contributed by atoms with E-state index in [-0.39, 0.29) is 28.6 Å². The number of fused-ring (bicyclic) bond motifs is 4. The van der Waals surface area contributed by atoms with E-state index >= 15 is 0 Å². The van der Waals surface area contributed by atoms with Gasteiger partial charge in [0, 0.05) is 25.4 Å². The highest BCUT2D eigenvalue weighted by Crippen LogP contribution is 2.79. The highest BCUT2D eigenvalue weighted by molar-refractivity contribution is 5.85. The summed E-state index contributed by atoms with van der Waals surface area (Å²) < 4.78 is 12.4. The fraction of sp³-hybridized carbons (Fsp3) is 0.967. The number of nitrogens with zero attached hydrogens (tertiary/aromatic N) is 1. The van der Waals surface area contributed by atoms with E-state index in [9.17, 15) is 9.90 Å². The van der Waals surface area contributed by atoms with Gasteiger partial charge in [-0.2, -0.15) is 0 Å². The molecule has 1 N–H and O–H groups in total. The topological polar surface area (TPSA) is 59.0 Å². The van der Waals surface area contributed by atoms with Crippen LogP contribution in [0.1, 0.15) is 98.8 Å². The lowest BCUT2D eigenvalue weighted by atomic mass is 9.42. The number of carbonyl (C=O) groups excluding carboxylic acids is 1. The van der Waals surface area contributed by atoms with Gasteiger partial charge in [-0.15, -0.1) is 0 Å². The number of Topliss-reactive ketones (excluding diaryl/α,β-unsaturated/α-hetero) is 1. The molecule has 5 heterocycles. The molecule has 0 amide bonds. The zero-order valence-corrected chi connectivity index (χ0v) is 22.6. The van der Waals surface area contributed by atoms with Crippen LogP contribution in [0.25, 0.3) is 0 Å². The Bertz CT molecular complexity index is 937. The quantitative estimate of drug-likeness (QED) is 0.598. The maximum absolute atomic E-state index is 14.1. The molecule has 7 fully saturated rings. The molecular formula is C30H47NO4. The Morgan fingerprint density at radius 2 is 1.91 bits per heavy atom. The molecule has 0 radical (unpaired) electrons. The molecule has 2 saturated carbocycles. The zero-order chi connectivity index (χ0) is 24.6. The molecule has 0 aromatic rings. The Morgan fingerprint density at radius 1 is 1.11 bits per heavy atom. The second kappa shape index (κ2) is 7.12. The fourth-order valence-corrected chi connectivity index (χ4v) is 11.6. The summed E-state index contributed by atoms with van der Waals surface area (Å²) >= 11 is 0. The van der Waals surface area contributed by atoms with Crippen LogP contribution in [0.3, 0.4) is 0 Å². The molecule has 5 saturated heterocycles. The van der Waals surface area contributed by atoms with E-state index < -0.39 is 11.2 Å². The third kappa shape index (κ3) is 2.58. The molecule has 7 aliphatic rings. The summed E-state index contributed by atoms with van der Waals surface area (Å²) in [7, 11) is 0. The van der Waals surface area contributed by atoms with Crippen LogP contribution >= 0.6 is 0 Å². The molecule has 12 atom stereocenters. The number of hydrogen-bond donors (Lipinski definition) is 1. The standard InChI is InChI=1S/C30H47NO4/c1-18(2)20-8-12-27(4)19-15-23(33)30-11-6-7-21(30)29(27,25(20)31(30)16-19)14-9-22(32)26(3)17-34-28(5)13-10-24(26)35-28/h18-21,23-25,33H,6-17H2,1-5H3/t19-,20-,21+,23-,24+,25+,26+,27+,28-,29+,30+/m1/s1. The number of ketones is 1. The van der Waals surface area contributed by atoms with Crippen molar-refractivity contribution in [3.63, 3.8) is 0 Å². The van der Waals surface area contributed by atoms with Gasteiger partial charge in [-0.05, 0) is 93.3 Å². The first-order valence-electron chi connectivity index (χ1n) is 14.8. The van der Waals surface area contributed by atoms with Crippen LogP contribution < -0.4 is 0 Å². The minimum Gasteiger partial charge on any atom is -0.391 e. The first kappa shape index (κ1) is 23.6. The van der Waals surface area contributed by atoms with Gasteiger partial charge in [0.2, 0.25) is 0 Å². The molecule has 0 aromatic carbocycles. The SMILES string of the molecule is CC(C)[C@H]1CC[C@@]2(C)[C@@H]3C[C@@H](O)[C@]45CCC[C@H]4[C@@]2(CCC(=O)[C@]2(C)CO[C@@]4(C)CC[C@@H]2O4)[C@H]1N5C3. The van der Waals surface area contributed by atoms with Crippen LogP contribution in [0.15, 0.2) is 0 Å². The monoisotopic (exact) mass is 485 g/mol. The molecule has 1 unspecified atom stereocenters. The first-order chi connectivity index (χ1) is 16.5. The van der Waals surface area contributed by atoms with Gasteiger partial charge in [0.15, 0.2) is 5.79 Å². The van der Waals surface area contributed by atoms with E-state index in [1.54, 1.807) is 0 Å². The number of rotatable bonds is 5. The van der Waals surface area contributed by atoms with Crippen molar-refractivity contribution in [2.45, 2.75) is 128 Å². The average Bonchev–Trinajstić information content (AvgIpc) is 3.44. The summed E-state index contributed by atoms with van der Waals surface area (Å²) in [6.07, 6.45) is 10.4. The van der Waals surface area contributed by atoms with Gasteiger partial charge < -0.3 is 14.6 Å². The maximum Gasteiger partial charge on any atom is 0.166 e. The van der Waals surface area contributed by atoms with Crippen molar-refractivity contribution < 1.29 is 19.4 Å². The smallest absolute Gasteiger partial charge is 0.166 e. The molecule has 7 bridgehead atoms. The van der Waals surface area contributed by atoms with Crippen LogP contribution in [0.2, 0.25) is 0 Å². The van der Waals surface area contributed by atoms with Gasteiger partial charge in [-0.1, -0.05) is 27.2 Å². The third-order valence-corrected chi connectivity index (χ3v) is 13.5. The Balaban J connectivity index is 1.27. The minimum absolute atomic E-state index is 0.00740.